The summed E-state index contributed by atoms with van der Waals surface area (Å²) in [6.07, 6.45) is 0. The van der Waals surface area contributed by atoms with E-state index in [1.165, 1.54) is 60.1 Å². The number of fused-ring (bicyclic) bond motifs is 9. The van der Waals surface area contributed by atoms with Gasteiger partial charge in [-0.05, 0) is 90.3 Å². The fourth-order valence-electron chi connectivity index (χ4n) is 8.19. The molecule has 0 fully saturated rings. The highest BCUT2D eigenvalue weighted by Gasteiger charge is 2.19. The van der Waals surface area contributed by atoms with E-state index < -0.39 is 0 Å². The number of hydrogen-bond donors (Lipinski definition) is 0. The molecule has 0 aliphatic rings. The molecular formula is C47H30N4. The average molecular weight is 651 g/mol. The first-order valence-corrected chi connectivity index (χ1v) is 17.4. The first kappa shape index (κ1) is 28.0. The van der Waals surface area contributed by atoms with Crippen LogP contribution in [0.15, 0.2) is 182 Å². The lowest BCUT2D eigenvalue weighted by Crippen LogP contribution is -1.98. The van der Waals surface area contributed by atoms with Crippen LogP contribution in [-0.4, -0.2) is 18.7 Å². The van der Waals surface area contributed by atoms with Crippen molar-refractivity contribution in [2.24, 2.45) is 0 Å². The Morgan fingerprint density at radius 1 is 0.333 bits per heavy atom. The van der Waals surface area contributed by atoms with Crippen molar-refractivity contribution >= 4 is 65.4 Å². The van der Waals surface area contributed by atoms with Crippen molar-refractivity contribution in [3.8, 4) is 28.5 Å². The van der Waals surface area contributed by atoms with E-state index in [-0.39, 0.29) is 0 Å². The zero-order valence-corrected chi connectivity index (χ0v) is 27.6. The molecular weight excluding hydrogens is 621 g/mol. The van der Waals surface area contributed by atoms with E-state index in [1.807, 2.05) is 0 Å². The molecule has 0 spiro atoms. The molecule has 0 atom stereocenters. The predicted molar refractivity (Wildman–Crippen MR) is 213 cm³/mol. The second-order valence-corrected chi connectivity index (χ2v) is 13.2. The molecule has 0 aliphatic carbocycles. The maximum Gasteiger partial charge on any atom is 0.145 e. The van der Waals surface area contributed by atoms with Crippen LogP contribution in [0.25, 0.3) is 93.9 Å². The Morgan fingerprint density at radius 2 is 0.902 bits per heavy atom. The third-order valence-corrected chi connectivity index (χ3v) is 10.4. The molecule has 8 aromatic carbocycles. The van der Waals surface area contributed by atoms with Crippen LogP contribution >= 0.6 is 0 Å². The van der Waals surface area contributed by atoms with Crippen molar-refractivity contribution in [2.45, 2.75) is 0 Å². The van der Waals surface area contributed by atoms with Crippen LogP contribution in [0.1, 0.15) is 0 Å². The second-order valence-electron chi connectivity index (χ2n) is 13.2. The molecule has 3 heterocycles. The number of para-hydroxylation sites is 6. The van der Waals surface area contributed by atoms with Crippen LogP contribution in [0, 0.1) is 0 Å². The lowest BCUT2D eigenvalue weighted by molar-refractivity contribution is 1.10. The zero-order valence-electron chi connectivity index (χ0n) is 27.6. The summed E-state index contributed by atoms with van der Waals surface area (Å²) in [4.78, 5) is 5.11. The fraction of sp³-hybridized carbons (Fsp3) is 0. The maximum atomic E-state index is 5.11. The van der Waals surface area contributed by atoms with Gasteiger partial charge in [0.1, 0.15) is 5.82 Å². The van der Waals surface area contributed by atoms with Crippen LogP contribution in [0.4, 0.5) is 0 Å². The Labute approximate surface area is 293 Å². The quantitative estimate of drug-likeness (QED) is 0.186. The van der Waals surface area contributed by atoms with E-state index in [2.05, 4.69) is 196 Å². The van der Waals surface area contributed by atoms with Crippen molar-refractivity contribution in [1.82, 2.24) is 18.7 Å². The summed E-state index contributed by atoms with van der Waals surface area (Å²) in [5.41, 5.74) is 11.4. The average Bonchev–Trinajstić information content (AvgIpc) is 3.86. The van der Waals surface area contributed by atoms with Crippen molar-refractivity contribution in [3.05, 3.63) is 182 Å². The minimum atomic E-state index is 0.931. The van der Waals surface area contributed by atoms with Gasteiger partial charge in [-0.1, -0.05) is 97.1 Å². The smallest absolute Gasteiger partial charge is 0.145 e. The van der Waals surface area contributed by atoms with E-state index in [9.17, 15) is 0 Å². The number of hydrogen-bond acceptors (Lipinski definition) is 1. The highest BCUT2D eigenvalue weighted by Crippen LogP contribution is 2.41. The first-order valence-electron chi connectivity index (χ1n) is 17.4. The monoisotopic (exact) mass is 650 g/mol. The number of nitrogens with zero attached hydrogens (tertiary/aromatic N) is 4. The minimum Gasteiger partial charge on any atom is -0.309 e. The van der Waals surface area contributed by atoms with Gasteiger partial charge in [-0.25, -0.2) is 4.98 Å². The Morgan fingerprint density at radius 3 is 1.63 bits per heavy atom. The Kier molecular flexibility index (Phi) is 5.92. The normalized spacial score (nSPS) is 11.9. The highest BCUT2D eigenvalue weighted by atomic mass is 15.1. The topological polar surface area (TPSA) is 27.7 Å². The van der Waals surface area contributed by atoms with Crippen molar-refractivity contribution in [3.63, 3.8) is 0 Å². The summed E-state index contributed by atoms with van der Waals surface area (Å²) < 4.78 is 7.09. The van der Waals surface area contributed by atoms with Gasteiger partial charge in [-0.3, -0.25) is 4.57 Å². The lowest BCUT2D eigenvalue weighted by Gasteiger charge is -2.12. The molecule has 3 aromatic heterocycles. The third-order valence-electron chi connectivity index (χ3n) is 10.4. The minimum absolute atomic E-state index is 0.931. The van der Waals surface area contributed by atoms with Gasteiger partial charge in [-0.2, -0.15) is 0 Å². The molecule has 51 heavy (non-hydrogen) atoms. The summed E-state index contributed by atoms with van der Waals surface area (Å²) in [5.74, 6) is 0.931. The van der Waals surface area contributed by atoms with Gasteiger partial charge in [0.2, 0.25) is 0 Å². The standard InChI is InChI=1S/C47H30N4/c1-3-13-33(14-4-1)50-43-21-11-7-17-36(43)38-28-25-32-29-45-40(30-39(32)46(38)50)37-18-8-10-20-42(37)49(45)35-26-23-31(24-27-35)47-48-41-19-9-12-22-44(41)51(47)34-15-5-2-6-16-34/h1-30H. The summed E-state index contributed by atoms with van der Waals surface area (Å²) >= 11 is 0. The molecule has 0 unspecified atom stereocenters. The van der Waals surface area contributed by atoms with Gasteiger partial charge in [-0.15, -0.1) is 0 Å². The summed E-state index contributed by atoms with van der Waals surface area (Å²) in [5, 5.41) is 7.48. The van der Waals surface area contributed by atoms with Gasteiger partial charge < -0.3 is 9.13 Å². The maximum absolute atomic E-state index is 5.11. The zero-order chi connectivity index (χ0) is 33.5. The SMILES string of the molecule is c1ccc(-n2c(-c3ccc(-n4c5ccccc5c5cc6c(ccc7c8ccccc8n(-c8ccccc8)c67)cc54)cc3)nc3ccccc32)cc1. The second kappa shape index (κ2) is 10.8. The van der Waals surface area contributed by atoms with E-state index in [0.717, 1.165) is 33.8 Å². The van der Waals surface area contributed by atoms with Crippen molar-refractivity contribution in [2.75, 3.05) is 0 Å². The Hall–Kier alpha value is -6.91. The van der Waals surface area contributed by atoms with E-state index in [0.29, 0.717) is 0 Å². The van der Waals surface area contributed by atoms with Crippen LogP contribution in [0.2, 0.25) is 0 Å². The molecule has 0 radical (unpaired) electrons. The highest BCUT2D eigenvalue weighted by molar-refractivity contribution is 6.22. The van der Waals surface area contributed by atoms with Crippen LogP contribution in [0.3, 0.4) is 0 Å². The molecule has 0 aliphatic heterocycles. The molecule has 0 N–H and O–H groups in total. The summed E-state index contributed by atoms with van der Waals surface area (Å²) in [6, 6.07) is 65.4. The molecule has 0 amide bonds. The molecule has 0 saturated heterocycles. The largest absolute Gasteiger partial charge is 0.309 e. The first-order chi connectivity index (χ1) is 25.3. The van der Waals surface area contributed by atoms with Gasteiger partial charge in [0.25, 0.3) is 0 Å². The van der Waals surface area contributed by atoms with Crippen LogP contribution in [-0.2, 0) is 0 Å². The number of benzene rings is 8. The third kappa shape index (κ3) is 4.11. The van der Waals surface area contributed by atoms with E-state index in [4.69, 9.17) is 4.98 Å². The molecule has 11 aromatic rings. The van der Waals surface area contributed by atoms with Gasteiger partial charge >= 0.3 is 0 Å². The van der Waals surface area contributed by atoms with Crippen LogP contribution < -0.4 is 0 Å². The van der Waals surface area contributed by atoms with E-state index in [1.54, 1.807) is 0 Å². The fourth-order valence-corrected chi connectivity index (χ4v) is 8.19. The number of imidazole rings is 1. The van der Waals surface area contributed by atoms with Crippen molar-refractivity contribution < 1.29 is 0 Å². The Bertz CT molecular complexity index is 3110. The van der Waals surface area contributed by atoms with Crippen molar-refractivity contribution in [1.29, 1.82) is 0 Å². The number of aromatic nitrogens is 4. The lowest BCUT2D eigenvalue weighted by atomic mass is 10.0. The summed E-state index contributed by atoms with van der Waals surface area (Å²) in [6.45, 7) is 0. The number of rotatable bonds is 4. The van der Waals surface area contributed by atoms with Gasteiger partial charge in [0, 0.05) is 49.6 Å². The Balaban J connectivity index is 1.14. The summed E-state index contributed by atoms with van der Waals surface area (Å²) in [7, 11) is 0. The van der Waals surface area contributed by atoms with Gasteiger partial charge in [0.15, 0.2) is 0 Å². The molecule has 4 heteroatoms. The van der Waals surface area contributed by atoms with Crippen LogP contribution in [0.5, 0.6) is 0 Å². The predicted octanol–water partition coefficient (Wildman–Crippen LogP) is 12.0. The van der Waals surface area contributed by atoms with Gasteiger partial charge in [0.05, 0.1) is 33.1 Å². The molecule has 0 saturated carbocycles. The van der Waals surface area contributed by atoms with E-state index >= 15 is 0 Å². The molecule has 4 nitrogen and oxygen atoms in total. The molecule has 11 rings (SSSR count). The molecule has 238 valence electrons. The molecule has 0 bridgehead atoms.